The second kappa shape index (κ2) is 11.6. The number of guanidine groups is 1. The first kappa shape index (κ1) is 24.7. The standard InChI is InChI=1S/C22H35N3O2.HI/c1-6-27-20(26)18-12-15-25(16-13-18)21(23-5)24-14-11-17-7-9-19(10-8-17)22(2,3)4;/h7-10,18H,6,11-16H2,1-5H3,(H,23,24);1H. The zero-order valence-corrected chi connectivity index (χ0v) is 20.3. The van der Waals surface area contributed by atoms with E-state index in [2.05, 4.69) is 60.2 Å². The van der Waals surface area contributed by atoms with Crippen molar-refractivity contribution in [2.45, 2.75) is 52.4 Å². The van der Waals surface area contributed by atoms with E-state index in [9.17, 15) is 4.79 Å². The maximum atomic E-state index is 11.9. The molecule has 0 spiro atoms. The molecule has 1 aromatic rings. The highest BCUT2D eigenvalue weighted by molar-refractivity contribution is 14.0. The minimum absolute atomic E-state index is 0. The molecule has 28 heavy (non-hydrogen) atoms. The van der Waals surface area contributed by atoms with E-state index < -0.39 is 0 Å². The van der Waals surface area contributed by atoms with Crippen molar-refractivity contribution >= 4 is 35.9 Å². The predicted octanol–water partition coefficient (Wildman–Crippen LogP) is 4.00. The number of esters is 1. The number of nitrogens with one attached hydrogen (secondary N) is 1. The van der Waals surface area contributed by atoms with Crippen molar-refractivity contribution in [2.24, 2.45) is 10.9 Å². The number of ether oxygens (including phenoxy) is 1. The molecule has 6 heteroatoms. The molecule has 1 aliphatic heterocycles. The molecular weight excluding hydrogens is 465 g/mol. The van der Waals surface area contributed by atoms with E-state index in [-0.39, 0.29) is 41.3 Å². The van der Waals surface area contributed by atoms with Crippen LogP contribution in [0.4, 0.5) is 0 Å². The third kappa shape index (κ3) is 7.26. The van der Waals surface area contributed by atoms with Crippen LogP contribution in [0.3, 0.4) is 0 Å². The van der Waals surface area contributed by atoms with Gasteiger partial charge in [0.15, 0.2) is 5.96 Å². The molecule has 1 fully saturated rings. The summed E-state index contributed by atoms with van der Waals surface area (Å²) in [5, 5.41) is 3.46. The molecular formula is C22H36IN3O2. The van der Waals surface area contributed by atoms with Crippen molar-refractivity contribution in [1.29, 1.82) is 0 Å². The van der Waals surface area contributed by atoms with E-state index in [1.54, 1.807) is 0 Å². The van der Waals surface area contributed by atoms with E-state index in [0.717, 1.165) is 44.9 Å². The van der Waals surface area contributed by atoms with Crippen LogP contribution in [0, 0.1) is 5.92 Å². The van der Waals surface area contributed by atoms with Crippen LogP contribution in [-0.4, -0.2) is 50.1 Å². The Morgan fingerprint density at radius 1 is 1.21 bits per heavy atom. The summed E-state index contributed by atoms with van der Waals surface area (Å²) < 4.78 is 5.14. The van der Waals surface area contributed by atoms with Gasteiger partial charge in [-0.15, -0.1) is 24.0 Å². The van der Waals surface area contributed by atoms with Gasteiger partial charge >= 0.3 is 5.97 Å². The minimum Gasteiger partial charge on any atom is -0.466 e. The predicted molar refractivity (Wildman–Crippen MR) is 127 cm³/mol. The molecule has 5 nitrogen and oxygen atoms in total. The number of rotatable bonds is 5. The van der Waals surface area contributed by atoms with Crippen molar-refractivity contribution in [3.05, 3.63) is 35.4 Å². The van der Waals surface area contributed by atoms with Gasteiger partial charge in [0.1, 0.15) is 0 Å². The van der Waals surface area contributed by atoms with Gasteiger partial charge < -0.3 is 15.0 Å². The van der Waals surface area contributed by atoms with Crippen LogP contribution < -0.4 is 5.32 Å². The van der Waals surface area contributed by atoms with Crippen molar-refractivity contribution < 1.29 is 9.53 Å². The average Bonchev–Trinajstić information content (AvgIpc) is 2.65. The summed E-state index contributed by atoms with van der Waals surface area (Å²) in [6, 6.07) is 8.89. The first-order valence-electron chi connectivity index (χ1n) is 10.1. The van der Waals surface area contributed by atoms with E-state index >= 15 is 0 Å². The second-order valence-electron chi connectivity index (χ2n) is 8.18. The van der Waals surface area contributed by atoms with E-state index in [0.29, 0.717) is 6.61 Å². The topological polar surface area (TPSA) is 53.9 Å². The summed E-state index contributed by atoms with van der Waals surface area (Å²) >= 11 is 0. The number of hydrogen-bond acceptors (Lipinski definition) is 3. The Morgan fingerprint density at radius 2 is 1.82 bits per heavy atom. The summed E-state index contributed by atoms with van der Waals surface area (Å²) in [5.74, 6) is 0.892. The van der Waals surface area contributed by atoms with Crippen molar-refractivity contribution in [3.8, 4) is 0 Å². The van der Waals surface area contributed by atoms with Gasteiger partial charge in [0.25, 0.3) is 0 Å². The van der Waals surface area contributed by atoms with Gasteiger partial charge in [-0.1, -0.05) is 45.0 Å². The van der Waals surface area contributed by atoms with Crippen LogP contribution in [-0.2, 0) is 21.4 Å². The molecule has 2 rings (SSSR count). The summed E-state index contributed by atoms with van der Waals surface area (Å²) in [7, 11) is 1.82. The number of carbonyl (C=O) groups excluding carboxylic acids is 1. The highest BCUT2D eigenvalue weighted by atomic mass is 127. The number of aliphatic imine (C=N–C) groups is 1. The molecule has 0 unspecified atom stereocenters. The van der Waals surface area contributed by atoms with Gasteiger partial charge in [-0.25, -0.2) is 0 Å². The molecule has 0 bridgehead atoms. The lowest BCUT2D eigenvalue weighted by atomic mass is 9.86. The lowest BCUT2D eigenvalue weighted by Crippen LogP contribution is -2.47. The Labute approximate surface area is 187 Å². The zero-order valence-electron chi connectivity index (χ0n) is 18.0. The maximum Gasteiger partial charge on any atom is 0.309 e. The van der Waals surface area contributed by atoms with E-state index in [4.69, 9.17) is 4.74 Å². The Morgan fingerprint density at radius 3 is 2.32 bits per heavy atom. The van der Waals surface area contributed by atoms with Gasteiger partial charge in [-0.2, -0.15) is 0 Å². The second-order valence-corrected chi connectivity index (χ2v) is 8.18. The molecule has 1 N–H and O–H groups in total. The molecule has 0 aliphatic carbocycles. The van der Waals surface area contributed by atoms with Crippen LogP contribution in [0.25, 0.3) is 0 Å². The largest absolute Gasteiger partial charge is 0.466 e. The number of piperidine rings is 1. The van der Waals surface area contributed by atoms with Gasteiger partial charge in [0, 0.05) is 26.7 Å². The van der Waals surface area contributed by atoms with Crippen LogP contribution in [0.15, 0.2) is 29.3 Å². The number of hydrogen-bond donors (Lipinski definition) is 1. The first-order chi connectivity index (χ1) is 12.8. The fourth-order valence-electron chi connectivity index (χ4n) is 3.41. The molecule has 1 heterocycles. The molecule has 1 aliphatic rings. The molecule has 1 aromatic carbocycles. The molecule has 1 saturated heterocycles. The summed E-state index contributed by atoms with van der Waals surface area (Å²) in [5.41, 5.74) is 2.88. The van der Waals surface area contributed by atoms with Crippen LogP contribution >= 0.6 is 24.0 Å². The molecule has 0 atom stereocenters. The average molecular weight is 501 g/mol. The van der Waals surface area contributed by atoms with Gasteiger partial charge in [-0.05, 0) is 42.7 Å². The van der Waals surface area contributed by atoms with Gasteiger partial charge in [0.2, 0.25) is 0 Å². The molecule has 0 radical (unpaired) electrons. The van der Waals surface area contributed by atoms with E-state index in [1.165, 1.54) is 11.1 Å². The van der Waals surface area contributed by atoms with Gasteiger partial charge in [-0.3, -0.25) is 9.79 Å². The first-order valence-corrected chi connectivity index (χ1v) is 10.1. The Kier molecular flexibility index (Phi) is 10.3. The van der Waals surface area contributed by atoms with Crippen molar-refractivity contribution in [2.75, 3.05) is 33.3 Å². The molecule has 158 valence electrons. The summed E-state index contributed by atoms with van der Waals surface area (Å²) in [6.45, 7) is 11.5. The van der Waals surface area contributed by atoms with Crippen molar-refractivity contribution in [3.63, 3.8) is 0 Å². The smallest absolute Gasteiger partial charge is 0.309 e. The van der Waals surface area contributed by atoms with Crippen LogP contribution in [0.2, 0.25) is 0 Å². The lowest BCUT2D eigenvalue weighted by Gasteiger charge is -2.33. The number of likely N-dealkylation sites (tertiary alicyclic amines) is 1. The number of halogens is 1. The third-order valence-corrected chi connectivity index (χ3v) is 5.14. The quantitative estimate of drug-likeness (QED) is 0.287. The maximum absolute atomic E-state index is 11.9. The molecule has 0 amide bonds. The van der Waals surface area contributed by atoms with Crippen molar-refractivity contribution in [1.82, 2.24) is 10.2 Å². The lowest BCUT2D eigenvalue weighted by molar-refractivity contribution is -0.149. The number of carbonyl (C=O) groups is 1. The fourth-order valence-corrected chi connectivity index (χ4v) is 3.41. The number of nitrogens with zero attached hydrogens (tertiary/aromatic N) is 2. The molecule has 0 saturated carbocycles. The normalized spacial score (nSPS) is 15.8. The van der Waals surface area contributed by atoms with Crippen LogP contribution in [0.1, 0.15) is 51.7 Å². The fraction of sp³-hybridized carbons (Fsp3) is 0.636. The highest BCUT2D eigenvalue weighted by Crippen LogP contribution is 2.22. The van der Waals surface area contributed by atoms with Gasteiger partial charge in [0.05, 0.1) is 12.5 Å². The molecule has 0 aromatic heterocycles. The number of benzene rings is 1. The SMILES string of the molecule is CCOC(=O)C1CCN(C(=NC)NCCc2ccc(C(C)(C)C)cc2)CC1.I. The monoisotopic (exact) mass is 501 g/mol. The summed E-state index contributed by atoms with van der Waals surface area (Å²) in [6.07, 6.45) is 2.62. The van der Waals surface area contributed by atoms with E-state index in [1.807, 2.05) is 14.0 Å². The zero-order chi connectivity index (χ0) is 19.9. The van der Waals surface area contributed by atoms with Crippen LogP contribution in [0.5, 0.6) is 0 Å². The Balaban J connectivity index is 0.00000392. The Hall–Kier alpha value is -1.31. The third-order valence-electron chi connectivity index (χ3n) is 5.14. The summed E-state index contributed by atoms with van der Waals surface area (Å²) in [4.78, 5) is 18.5. The minimum atomic E-state index is -0.0567. The highest BCUT2D eigenvalue weighted by Gasteiger charge is 2.27. The Bertz CT molecular complexity index is 630.